The fraction of sp³-hybridized carbons (Fsp3) is 0.136. The Kier molecular flexibility index (Phi) is 4.94. The number of aromatic nitrogens is 2. The second-order valence-corrected chi connectivity index (χ2v) is 6.85. The Balaban J connectivity index is 1.37. The summed E-state index contributed by atoms with van der Waals surface area (Å²) >= 11 is 0. The van der Waals surface area contributed by atoms with Gasteiger partial charge < -0.3 is 29.3 Å². The molecule has 0 amide bonds. The van der Waals surface area contributed by atoms with Crippen LogP contribution < -0.4 is 20.1 Å². The topological polar surface area (TPSA) is 108 Å². The van der Waals surface area contributed by atoms with Crippen LogP contribution in [0.3, 0.4) is 0 Å². The van der Waals surface area contributed by atoms with Crippen molar-refractivity contribution in [1.29, 1.82) is 0 Å². The molecule has 0 saturated heterocycles. The highest BCUT2D eigenvalue weighted by atomic mass is 19.1. The molecule has 2 N–H and O–H groups in total. The quantitative estimate of drug-likeness (QED) is 0.440. The van der Waals surface area contributed by atoms with E-state index in [0.29, 0.717) is 47.1 Å². The molecular formula is C22H17FN4O5. The number of carbonyl (C=O) groups is 1. The maximum atomic E-state index is 14.4. The smallest absolute Gasteiger partial charge is 0.373 e. The zero-order valence-corrected chi connectivity index (χ0v) is 16.8. The number of methoxy groups -OCH3 is 1. The molecule has 0 atom stereocenters. The van der Waals surface area contributed by atoms with Crippen LogP contribution in [0.1, 0.15) is 10.6 Å². The Morgan fingerprint density at radius 3 is 2.66 bits per heavy atom. The zero-order valence-electron chi connectivity index (χ0n) is 16.8. The summed E-state index contributed by atoms with van der Waals surface area (Å²) in [5.74, 6) is 0.334. The van der Waals surface area contributed by atoms with E-state index in [0.717, 1.165) is 6.20 Å². The molecular weight excluding hydrogens is 419 g/mol. The van der Waals surface area contributed by atoms with E-state index in [1.54, 1.807) is 42.5 Å². The number of anilines is 4. The van der Waals surface area contributed by atoms with E-state index < -0.39 is 11.8 Å². The number of halogens is 1. The van der Waals surface area contributed by atoms with Gasteiger partial charge in [0.15, 0.2) is 23.1 Å². The highest BCUT2D eigenvalue weighted by Gasteiger charge is 2.15. The molecule has 162 valence electrons. The highest BCUT2D eigenvalue weighted by molar-refractivity contribution is 5.93. The molecule has 0 aliphatic carbocycles. The van der Waals surface area contributed by atoms with E-state index in [9.17, 15) is 9.18 Å². The number of hydrogen-bond acceptors (Lipinski definition) is 9. The maximum absolute atomic E-state index is 14.4. The van der Waals surface area contributed by atoms with E-state index in [1.165, 1.54) is 7.11 Å². The van der Waals surface area contributed by atoms with Crippen molar-refractivity contribution >= 4 is 40.1 Å². The van der Waals surface area contributed by atoms with Gasteiger partial charge in [0, 0.05) is 22.8 Å². The molecule has 10 heteroatoms. The van der Waals surface area contributed by atoms with Crippen molar-refractivity contribution in [1.82, 2.24) is 9.97 Å². The van der Waals surface area contributed by atoms with Crippen LogP contribution in [-0.4, -0.2) is 36.3 Å². The lowest BCUT2D eigenvalue weighted by Gasteiger charge is -2.19. The molecule has 9 nitrogen and oxygen atoms in total. The summed E-state index contributed by atoms with van der Waals surface area (Å²) in [5, 5.41) is 6.61. The molecule has 4 aromatic rings. The number of benzene rings is 2. The van der Waals surface area contributed by atoms with Gasteiger partial charge in [-0.1, -0.05) is 0 Å². The van der Waals surface area contributed by atoms with Crippen LogP contribution in [0.5, 0.6) is 11.5 Å². The molecule has 32 heavy (non-hydrogen) atoms. The Morgan fingerprint density at radius 2 is 1.81 bits per heavy atom. The summed E-state index contributed by atoms with van der Waals surface area (Å²) in [5.41, 5.74) is 1.72. The van der Waals surface area contributed by atoms with E-state index in [1.807, 2.05) is 0 Å². The van der Waals surface area contributed by atoms with Gasteiger partial charge in [0.1, 0.15) is 18.8 Å². The van der Waals surface area contributed by atoms with Crippen LogP contribution in [0.4, 0.5) is 27.5 Å². The van der Waals surface area contributed by atoms with Gasteiger partial charge in [0.25, 0.3) is 0 Å². The maximum Gasteiger partial charge on any atom is 0.373 e. The fourth-order valence-corrected chi connectivity index (χ4v) is 3.22. The zero-order chi connectivity index (χ0) is 22.1. The predicted octanol–water partition coefficient (Wildman–Crippen LogP) is 4.41. The summed E-state index contributed by atoms with van der Waals surface area (Å²) < 4.78 is 35.5. The van der Waals surface area contributed by atoms with Crippen molar-refractivity contribution in [3.8, 4) is 11.5 Å². The molecule has 2 aromatic carbocycles. The van der Waals surface area contributed by atoms with Crippen molar-refractivity contribution in [2.45, 2.75) is 0 Å². The van der Waals surface area contributed by atoms with Crippen LogP contribution >= 0.6 is 0 Å². The van der Waals surface area contributed by atoms with Crippen molar-refractivity contribution in [3.05, 3.63) is 60.2 Å². The molecule has 5 rings (SSSR count). The van der Waals surface area contributed by atoms with Crippen LogP contribution in [0.15, 0.2) is 53.1 Å². The Hall–Kier alpha value is -4.34. The summed E-state index contributed by atoms with van der Waals surface area (Å²) in [7, 11) is 1.27. The minimum absolute atomic E-state index is 0.0175. The lowest BCUT2D eigenvalue weighted by Crippen LogP contribution is -2.15. The molecule has 2 aromatic heterocycles. The van der Waals surface area contributed by atoms with Crippen molar-refractivity contribution in [3.63, 3.8) is 0 Å². The first-order valence-corrected chi connectivity index (χ1v) is 9.67. The van der Waals surface area contributed by atoms with Crippen LogP contribution in [-0.2, 0) is 4.74 Å². The minimum Gasteiger partial charge on any atom is -0.486 e. The molecule has 1 aliphatic heterocycles. The van der Waals surface area contributed by atoms with E-state index in [-0.39, 0.29) is 17.5 Å². The number of hydrogen-bond donors (Lipinski definition) is 2. The van der Waals surface area contributed by atoms with Gasteiger partial charge in [-0.05, 0) is 36.4 Å². The first-order chi connectivity index (χ1) is 15.6. The second-order valence-electron chi connectivity index (χ2n) is 6.85. The normalized spacial score (nSPS) is 12.4. The Bertz CT molecular complexity index is 1320. The second kappa shape index (κ2) is 8.06. The van der Waals surface area contributed by atoms with E-state index >= 15 is 0 Å². The SMILES string of the molecule is COC(=O)c1cc2cc(Nc3nc(Nc4ccc5c(c4)OCCO5)ncc3F)ccc2o1. The molecule has 3 heterocycles. The number of rotatable bonds is 5. The van der Waals surface area contributed by atoms with Gasteiger partial charge in [-0.3, -0.25) is 0 Å². The number of carbonyl (C=O) groups excluding carboxylic acids is 1. The van der Waals surface area contributed by atoms with Crippen molar-refractivity contribution in [2.24, 2.45) is 0 Å². The monoisotopic (exact) mass is 436 g/mol. The Labute approximate surface area is 181 Å². The average Bonchev–Trinajstić information content (AvgIpc) is 3.24. The summed E-state index contributed by atoms with van der Waals surface area (Å²) in [6, 6.07) is 11.9. The number of furan rings is 1. The third-order valence-electron chi connectivity index (χ3n) is 4.71. The predicted molar refractivity (Wildman–Crippen MR) is 114 cm³/mol. The average molecular weight is 436 g/mol. The van der Waals surface area contributed by atoms with Gasteiger partial charge in [0.05, 0.1) is 13.3 Å². The molecule has 0 radical (unpaired) electrons. The van der Waals surface area contributed by atoms with Crippen molar-refractivity contribution < 1.29 is 27.8 Å². The number of esters is 1. The van der Waals surface area contributed by atoms with Gasteiger partial charge in [-0.15, -0.1) is 0 Å². The van der Waals surface area contributed by atoms with E-state index in [4.69, 9.17) is 13.9 Å². The minimum atomic E-state index is -0.625. The third-order valence-corrected chi connectivity index (χ3v) is 4.71. The van der Waals surface area contributed by atoms with Gasteiger partial charge >= 0.3 is 5.97 Å². The van der Waals surface area contributed by atoms with Gasteiger partial charge in [0.2, 0.25) is 11.7 Å². The van der Waals surface area contributed by atoms with Crippen molar-refractivity contribution in [2.75, 3.05) is 31.0 Å². The first kappa shape index (κ1) is 19.6. The highest BCUT2D eigenvalue weighted by Crippen LogP contribution is 2.33. The molecule has 0 bridgehead atoms. The lowest BCUT2D eigenvalue weighted by molar-refractivity contribution is 0.0567. The molecule has 0 spiro atoms. The standard InChI is InChI=1S/C22H17FN4O5/c1-29-21(28)19-9-12-8-13(2-4-16(12)32-19)25-20-15(23)11-24-22(27-20)26-14-3-5-17-18(10-14)31-7-6-30-17/h2-5,8-11H,6-7H2,1H3,(H2,24,25,26,27). The number of nitrogens with zero attached hydrogens (tertiary/aromatic N) is 2. The lowest BCUT2D eigenvalue weighted by atomic mass is 10.2. The molecule has 1 aliphatic rings. The van der Waals surface area contributed by atoms with Gasteiger partial charge in [-0.2, -0.15) is 4.98 Å². The third kappa shape index (κ3) is 3.85. The first-order valence-electron chi connectivity index (χ1n) is 9.67. The number of nitrogens with one attached hydrogen (secondary N) is 2. The van der Waals surface area contributed by atoms with E-state index in [2.05, 4.69) is 25.3 Å². The summed E-state index contributed by atoms with van der Waals surface area (Å²) in [6.07, 6.45) is 1.07. The molecule has 0 fully saturated rings. The van der Waals surface area contributed by atoms with Crippen LogP contribution in [0, 0.1) is 5.82 Å². The van der Waals surface area contributed by atoms with Crippen LogP contribution in [0.2, 0.25) is 0 Å². The fourth-order valence-electron chi connectivity index (χ4n) is 3.22. The molecule has 0 saturated carbocycles. The Morgan fingerprint density at radius 1 is 1.03 bits per heavy atom. The summed E-state index contributed by atoms with van der Waals surface area (Å²) in [6.45, 7) is 0.976. The largest absolute Gasteiger partial charge is 0.486 e. The number of fused-ring (bicyclic) bond motifs is 2. The molecule has 0 unspecified atom stereocenters. The summed E-state index contributed by atoms with van der Waals surface area (Å²) in [4.78, 5) is 19.9. The van der Waals surface area contributed by atoms with Crippen LogP contribution in [0.25, 0.3) is 11.0 Å². The number of ether oxygens (including phenoxy) is 3. The van der Waals surface area contributed by atoms with Gasteiger partial charge in [-0.25, -0.2) is 14.2 Å².